The second-order valence-corrected chi connectivity index (χ2v) is 5.86. The lowest BCUT2D eigenvalue weighted by atomic mass is 9.94. The van der Waals surface area contributed by atoms with Crippen LogP contribution < -0.4 is 15.5 Å². The van der Waals surface area contributed by atoms with Crippen LogP contribution in [0.2, 0.25) is 0 Å². The molecule has 2 amide bonds. The summed E-state index contributed by atoms with van der Waals surface area (Å²) < 4.78 is 5.41. The Hall–Kier alpha value is -3.15. The van der Waals surface area contributed by atoms with Crippen LogP contribution >= 0.6 is 0 Å². The van der Waals surface area contributed by atoms with E-state index in [2.05, 4.69) is 15.8 Å². The van der Waals surface area contributed by atoms with Crippen LogP contribution in [-0.4, -0.2) is 24.1 Å². The Labute approximate surface area is 145 Å². The van der Waals surface area contributed by atoms with Gasteiger partial charge in [-0.1, -0.05) is 37.3 Å². The van der Waals surface area contributed by atoms with E-state index in [9.17, 15) is 9.59 Å². The Morgan fingerprint density at radius 1 is 1.20 bits per heavy atom. The third-order valence-electron chi connectivity index (χ3n) is 3.84. The minimum atomic E-state index is -0.229. The highest BCUT2D eigenvalue weighted by Gasteiger charge is 2.21. The van der Waals surface area contributed by atoms with Gasteiger partial charge in [-0.15, -0.1) is 0 Å². The largest absolute Gasteiger partial charge is 0.484 e. The number of hydrazone groups is 1. The zero-order valence-electron chi connectivity index (χ0n) is 13.9. The summed E-state index contributed by atoms with van der Waals surface area (Å²) >= 11 is 0. The number of anilines is 1. The maximum absolute atomic E-state index is 12.0. The predicted octanol–water partition coefficient (Wildman–Crippen LogP) is 2.56. The van der Waals surface area contributed by atoms with Crippen molar-refractivity contribution in [1.29, 1.82) is 0 Å². The minimum Gasteiger partial charge on any atom is -0.484 e. The molecule has 1 atom stereocenters. The highest BCUT2D eigenvalue weighted by atomic mass is 16.5. The van der Waals surface area contributed by atoms with Crippen molar-refractivity contribution >= 4 is 23.2 Å². The van der Waals surface area contributed by atoms with E-state index in [4.69, 9.17) is 4.74 Å². The van der Waals surface area contributed by atoms with Gasteiger partial charge in [0.2, 0.25) is 5.91 Å². The molecule has 3 rings (SSSR count). The van der Waals surface area contributed by atoms with E-state index < -0.39 is 0 Å². The average Bonchev–Trinajstić information content (AvgIpc) is 2.62. The van der Waals surface area contributed by atoms with E-state index in [0.717, 1.165) is 11.3 Å². The fraction of sp³-hybridized carbons (Fsp3) is 0.211. The molecule has 6 nitrogen and oxygen atoms in total. The molecule has 2 N–H and O–H groups in total. The van der Waals surface area contributed by atoms with E-state index in [1.54, 1.807) is 24.3 Å². The number of carbonyl (C=O) groups excluding carboxylic acids is 2. The van der Waals surface area contributed by atoms with Crippen molar-refractivity contribution in [2.24, 2.45) is 11.0 Å². The molecular formula is C19H19N3O3. The number of rotatable bonds is 5. The summed E-state index contributed by atoms with van der Waals surface area (Å²) in [5.41, 5.74) is 4.94. The highest BCUT2D eigenvalue weighted by Crippen LogP contribution is 2.18. The molecule has 2 aromatic rings. The molecule has 25 heavy (non-hydrogen) atoms. The number of amides is 2. The van der Waals surface area contributed by atoms with Gasteiger partial charge < -0.3 is 10.1 Å². The van der Waals surface area contributed by atoms with Gasteiger partial charge in [0.25, 0.3) is 5.91 Å². The average molecular weight is 337 g/mol. The van der Waals surface area contributed by atoms with Gasteiger partial charge in [0.05, 0.1) is 5.71 Å². The maximum atomic E-state index is 12.0. The van der Waals surface area contributed by atoms with E-state index in [0.29, 0.717) is 17.9 Å². The Balaban J connectivity index is 1.57. The molecule has 128 valence electrons. The molecule has 0 saturated heterocycles. The van der Waals surface area contributed by atoms with Crippen molar-refractivity contribution in [3.63, 3.8) is 0 Å². The van der Waals surface area contributed by atoms with Crippen LogP contribution in [0.15, 0.2) is 59.7 Å². The molecule has 1 aliphatic rings. The van der Waals surface area contributed by atoms with Gasteiger partial charge in [-0.25, -0.2) is 5.43 Å². The Morgan fingerprint density at radius 2 is 1.92 bits per heavy atom. The Morgan fingerprint density at radius 3 is 2.60 bits per heavy atom. The van der Waals surface area contributed by atoms with Crippen molar-refractivity contribution in [2.75, 3.05) is 11.9 Å². The van der Waals surface area contributed by atoms with Gasteiger partial charge in [0.15, 0.2) is 6.61 Å². The molecule has 2 aromatic carbocycles. The van der Waals surface area contributed by atoms with Gasteiger partial charge in [-0.05, 0) is 29.8 Å². The molecule has 0 aliphatic carbocycles. The molecule has 0 bridgehead atoms. The smallest absolute Gasteiger partial charge is 0.262 e. The lowest BCUT2D eigenvalue weighted by molar-refractivity contribution is -0.122. The lowest BCUT2D eigenvalue weighted by Gasteiger charge is -2.19. The summed E-state index contributed by atoms with van der Waals surface area (Å²) in [6.45, 7) is 1.91. The second-order valence-electron chi connectivity index (χ2n) is 5.86. The number of benzene rings is 2. The zero-order chi connectivity index (χ0) is 17.6. The fourth-order valence-electron chi connectivity index (χ4n) is 2.59. The minimum absolute atomic E-state index is 0.0540. The predicted molar refractivity (Wildman–Crippen MR) is 95.5 cm³/mol. The number of nitrogens with one attached hydrogen (secondary N) is 2. The number of hydrogen-bond donors (Lipinski definition) is 2. The third kappa shape index (κ3) is 4.44. The molecule has 0 radical (unpaired) electrons. The fourth-order valence-corrected chi connectivity index (χ4v) is 2.59. The SMILES string of the molecule is CC1CC(=O)NN=C1c1ccc(NC(=O)COc2ccccc2)cc1. The van der Waals surface area contributed by atoms with E-state index in [-0.39, 0.29) is 24.3 Å². The number of ether oxygens (including phenoxy) is 1. The topological polar surface area (TPSA) is 79.8 Å². The quantitative estimate of drug-likeness (QED) is 0.880. The van der Waals surface area contributed by atoms with Gasteiger partial charge >= 0.3 is 0 Å². The molecule has 6 heteroatoms. The number of carbonyl (C=O) groups is 2. The van der Waals surface area contributed by atoms with Crippen LogP contribution in [0.4, 0.5) is 5.69 Å². The zero-order valence-corrected chi connectivity index (χ0v) is 13.9. The van der Waals surface area contributed by atoms with Gasteiger partial charge in [0, 0.05) is 18.0 Å². The molecule has 1 aliphatic heterocycles. The summed E-state index contributed by atoms with van der Waals surface area (Å²) in [5, 5.41) is 6.91. The van der Waals surface area contributed by atoms with Gasteiger partial charge in [0.1, 0.15) is 5.75 Å². The summed E-state index contributed by atoms with van der Waals surface area (Å²) in [7, 11) is 0. The first-order valence-electron chi connectivity index (χ1n) is 8.06. The van der Waals surface area contributed by atoms with Crippen molar-refractivity contribution in [1.82, 2.24) is 5.43 Å². The van der Waals surface area contributed by atoms with Crippen LogP contribution in [0, 0.1) is 5.92 Å². The summed E-state index contributed by atoms with van der Waals surface area (Å²) in [6.07, 6.45) is 0.425. The first kappa shape index (κ1) is 16.7. The van der Waals surface area contributed by atoms with Crippen LogP contribution in [0.5, 0.6) is 5.75 Å². The molecule has 0 saturated carbocycles. The molecule has 1 heterocycles. The van der Waals surface area contributed by atoms with E-state index in [1.165, 1.54) is 0 Å². The molecule has 1 unspecified atom stereocenters. The maximum Gasteiger partial charge on any atom is 0.262 e. The molecule has 0 spiro atoms. The lowest BCUT2D eigenvalue weighted by Crippen LogP contribution is -2.31. The van der Waals surface area contributed by atoms with Crippen LogP contribution in [0.1, 0.15) is 18.9 Å². The highest BCUT2D eigenvalue weighted by molar-refractivity contribution is 6.06. The van der Waals surface area contributed by atoms with Crippen LogP contribution in [0.3, 0.4) is 0 Å². The Kier molecular flexibility index (Phi) is 5.09. The summed E-state index contributed by atoms with van der Waals surface area (Å²) in [5.74, 6) is 0.415. The third-order valence-corrected chi connectivity index (χ3v) is 3.84. The molecule has 0 fully saturated rings. The summed E-state index contributed by atoms with van der Waals surface area (Å²) in [6, 6.07) is 16.5. The molecular weight excluding hydrogens is 318 g/mol. The standard InChI is InChI=1S/C19H19N3O3/c1-13-11-17(23)21-22-19(13)14-7-9-15(10-8-14)20-18(24)12-25-16-5-3-2-4-6-16/h2-10,13H,11-12H2,1H3,(H,20,24)(H,21,23). The van der Waals surface area contributed by atoms with Crippen molar-refractivity contribution in [3.05, 3.63) is 60.2 Å². The van der Waals surface area contributed by atoms with Gasteiger partial charge in [-0.2, -0.15) is 5.10 Å². The first-order chi connectivity index (χ1) is 12.1. The summed E-state index contributed by atoms with van der Waals surface area (Å²) in [4.78, 5) is 23.3. The van der Waals surface area contributed by atoms with Crippen LogP contribution in [0.25, 0.3) is 0 Å². The second kappa shape index (κ2) is 7.61. The number of hydrogen-bond acceptors (Lipinski definition) is 4. The normalized spacial score (nSPS) is 16.6. The number of para-hydroxylation sites is 1. The van der Waals surface area contributed by atoms with Crippen molar-refractivity contribution in [2.45, 2.75) is 13.3 Å². The first-order valence-corrected chi connectivity index (χ1v) is 8.06. The van der Waals surface area contributed by atoms with Crippen LogP contribution in [-0.2, 0) is 9.59 Å². The van der Waals surface area contributed by atoms with Gasteiger partial charge in [-0.3, -0.25) is 9.59 Å². The monoisotopic (exact) mass is 337 g/mol. The molecule has 0 aromatic heterocycles. The van der Waals surface area contributed by atoms with E-state index >= 15 is 0 Å². The van der Waals surface area contributed by atoms with Crippen molar-refractivity contribution in [3.8, 4) is 5.75 Å². The van der Waals surface area contributed by atoms with Crippen molar-refractivity contribution < 1.29 is 14.3 Å². The Bertz CT molecular complexity index is 785. The van der Waals surface area contributed by atoms with E-state index in [1.807, 2.05) is 37.3 Å². The number of nitrogens with zero attached hydrogens (tertiary/aromatic N) is 1.